The Bertz CT molecular complexity index is 703. The number of morpholine rings is 1. The van der Waals surface area contributed by atoms with E-state index in [1.807, 2.05) is 53.7 Å². The third-order valence-corrected chi connectivity index (χ3v) is 4.73. The summed E-state index contributed by atoms with van der Waals surface area (Å²) in [5.41, 5.74) is 1.94. The molecule has 2 aromatic heterocycles. The molecule has 24 heavy (non-hydrogen) atoms. The Morgan fingerprint density at radius 2 is 2.29 bits per heavy atom. The zero-order chi connectivity index (χ0) is 17.1. The first kappa shape index (κ1) is 16.9. The zero-order valence-corrected chi connectivity index (χ0v) is 15.0. The van der Waals surface area contributed by atoms with Gasteiger partial charge in [0.25, 0.3) is 0 Å². The molecular formula is C17H22N4O2S. The molecule has 128 valence electrons. The van der Waals surface area contributed by atoms with Crippen molar-refractivity contribution in [3.05, 3.63) is 40.0 Å². The molecule has 1 aliphatic heterocycles. The van der Waals surface area contributed by atoms with Crippen LogP contribution in [-0.4, -0.2) is 54.6 Å². The van der Waals surface area contributed by atoms with Crippen LogP contribution in [0.4, 0.5) is 5.82 Å². The summed E-state index contributed by atoms with van der Waals surface area (Å²) in [5.74, 6) is 1.59. The largest absolute Gasteiger partial charge is 0.377 e. The van der Waals surface area contributed by atoms with E-state index in [0.29, 0.717) is 32.0 Å². The van der Waals surface area contributed by atoms with Gasteiger partial charge in [0, 0.05) is 32.4 Å². The molecule has 1 aliphatic rings. The standard InChI is InChI=1S/C17H22N4O2S/c1-12-8-15(20(2)3)19-17(18-12)14-10-23-6-5-21(14)16(22)9-13-4-7-24-11-13/h4,7-8,11,14H,5-6,9-10H2,1-3H3. The summed E-state index contributed by atoms with van der Waals surface area (Å²) in [6.45, 7) is 3.51. The van der Waals surface area contributed by atoms with Crippen LogP contribution in [0.25, 0.3) is 0 Å². The molecular weight excluding hydrogens is 324 g/mol. The molecule has 7 heteroatoms. The number of aromatic nitrogens is 2. The van der Waals surface area contributed by atoms with E-state index < -0.39 is 0 Å². The van der Waals surface area contributed by atoms with Crippen molar-refractivity contribution in [2.24, 2.45) is 0 Å². The molecule has 0 saturated carbocycles. The number of ether oxygens (including phenoxy) is 1. The number of rotatable bonds is 4. The summed E-state index contributed by atoms with van der Waals surface area (Å²) >= 11 is 1.61. The van der Waals surface area contributed by atoms with Gasteiger partial charge in [0.2, 0.25) is 5.91 Å². The molecule has 0 spiro atoms. The minimum Gasteiger partial charge on any atom is -0.377 e. The highest BCUT2D eigenvalue weighted by molar-refractivity contribution is 7.08. The number of anilines is 1. The maximum absolute atomic E-state index is 12.8. The molecule has 0 aliphatic carbocycles. The fraction of sp³-hybridized carbons (Fsp3) is 0.471. The van der Waals surface area contributed by atoms with Crippen molar-refractivity contribution < 1.29 is 9.53 Å². The van der Waals surface area contributed by atoms with E-state index >= 15 is 0 Å². The first-order valence-electron chi connectivity index (χ1n) is 7.96. The molecule has 0 radical (unpaired) electrons. The highest BCUT2D eigenvalue weighted by Gasteiger charge is 2.31. The van der Waals surface area contributed by atoms with Crippen LogP contribution >= 0.6 is 11.3 Å². The fourth-order valence-electron chi connectivity index (χ4n) is 2.74. The highest BCUT2D eigenvalue weighted by atomic mass is 32.1. The van der Waals surface area contributed by atoms with Gasteiger partial charge in [-0.25, -0.2) is 9.97 Å². The van der Waals surface area contributed by atoms with Crippen LogP contribution in [0.15, 0.2) is 22.9 Å². The van der Waals surface area contributed by atoms with Crippen LogP contribution in [0.3, 0.4) is 0 Å². The maximum atomic E-state index is 12.8. The lowest BCUT2D eigenvalue weighted by Crippen LogP contribution is -2.44. The van der Waals surface area contributed by atoms with Crippen molar-refractivity contribution in [3.63, 3.8) is 0 Å². The number of amides is 1. The maximum Gasteiger partial charge on any atom is 0.227 e. The molecule has 1 atom stereocenters. The van der Waals surface area contributed by atoms with Gasteiger partial charge >= 0.3 is 0 Å². The predicted molar refractivity (Wildman–Crippen MR) is 94.4 cm³/mol. The summed E-state index contributed by atoms with van der Waals surface area (Å²) in [6.07, 6.45) is 0.409. The van der Waals surface area contributed by atoms with Gasteiger partial charge in [-0.2, -0.15) is 11.3 Å². The fourth-order valence-corrected chi connectivity index (χ4v) is 3.41. The van der Waals surface area contributed by atoms with Crippen molar-refractivity contribution in [2.45, 2.75) is 19.4 Å². The monoisotopic (exact) mass is 346 g/mol. The minimum atomic E-state index is -0.233. The number of thiophene rings is 1. The Labute approximate surface area is 146 Å². The number of hydrogen-bond donors (Lipinski definition) is 0. The van der Waals surface area contributed by atoms with E-state index in [1.165, 1.54) is 0 Å². The molecule has 2 aromatic rings. The van der Waals surface area contributed by atoms with Crippen LogP contribution in [0, 0.1) is 6.92 Å². The van der Waals surface area contributed by atoms with E-state index in [1.54, 1.807) is 11.3 Å². The molecule has 1 fully saturated rings. The van der Waals surface area contributed by atoms with Crippen molar-refractivity contribution in [2.75, 3.05) is 38.8 Å². The van der Waals surface area contributed by atoms with Gasteiger partial charge < -0.3 is 14.5 Å². The Kier molecular flexibility index (Phi) is 5.11. The molecule has 0 N–H and O–H groups in total. The number of hydrogen-bond acceptors (Lipinski definition) is 6. The molecule has 0 aromatic carbocycles. The van der Waals surface area contributed by atoms with Crippen molar-refractivity contribution >= 4 is 23.1 Å². The average molecular weight is 346 g/mol. The second-order valence-electron chi connectivity index (χ2n) is 6.11. The lowest BCUT2D eigenvalue weighted by Gasteiger charge is -2.35. The zero-order valence-electron chi connectivity index (χ0n) is 14.2. The Morgan fingerprint density at radius 3 is 3.00 bits per heavy atom. The topological polar surface area (TPSA) is 58.6 Å². The third-order valence-electron chi connectivity index (χ3n) is 4.00. The number of carbonyl (C=O) groups is 1. The van der Waals surface area contributed by atoms with E-state index in [2.05, 4.69) is 9.97 Å². The molecule has 1 amide bonds. The van der Waals surface area contributed by atoms with Gasteiger partial charge in [0.05, 0.1) is 19.6 Å². The Morgan fingerprint density at radius 1 is 1.46 bits per heavy atom. The lowest BCUT2D eigenvalue weighted by molar-refractivity contribution is -0.139. The van der Waals surface area contributed by atoms with E-state index in [-0.39, 0.29) is 11.9 Å². The van der Waals surface area contributed by atoms with E-state index in [9.17, 15) is 4.79 Å². The SMILES string of the molecule is Cc1cc(N(C)C)nc(C2COCCN2C(=O)Cc2ccsc2)n1. The Balaban J connectivity index is 1.85. The first-order chi connectivity index (χ1) is 11.5. The smallest absolute Gasteiger partial charge is 0.227 e. The predicted octanol–water partition coefficient (Wildman–Crippen LogP) is 2.06. The van der Waals surface area contributed by atoms with Crippen LogP contribution < -0.4 is 4.90 Å². The van der Waals surface area contributed by atoms with E-state index in [0.717, 1.165) is 17.1 Å². The number of aryl methyl sites for hydroxylation is 1. The van der Waals surface area contributed by atoms with Gasteiger partial charge in [-0.1, -0.05) is 0 Å². The molecule has 1 unspecified atom stereocenters. The summed E-state index contributed by atoms with van der Waals surface area (Å²) in [7, 11) is 3.89. The summed E-state index contributed by atoms with van der Waals surface area (Å²) in [5, 5.41) is 4.01. The highest BCUT2D eigenvalue weighted by Crippen LogP contribution is 2.24. The summed E-state index contributed by atoms with van der Waals surface area (Å²) in [6, 6.07) is 3.69. The molecule has 0 bridgehead atoms. The third kappa shape index (κ3) is 3.73. The molecule has 3 rings (SSSR count). The van der Waals surface area contributed by atoms with Crippen molar-refractivity contribution in [3.8, 4) is 0 Å². The number of nitrogens with zero attached hydrogens (tertiary/aromatic N) is 4. The summed E-state index contributed by atoms with van der Waals surface area (Å²) < 4.78 is 5.61. The summed E-state index contributed by atoms with van der Waals surface area (Å²) in [4.78, 5) is 25.8. The van der Waals surface area contributed by atoms with Crippen molar-refractivity contribution in [1.29, 1.82) is 0 Å². The molecule has 6 nitrogen and oxygen atoms in total. The van der Waals surface area contributed by atoms with Crippen LogP contribution in [-0.2, 0) is 16.0 Å². The first-order valence-corrected chi connectivity index (χ1v) is 8.90. The van der Waals surface area contributed by atoms with Gasteiger partial charge in [-0.15, -0.1) is 0 Å². The van der Waals surface area contributed by atoms with Gasteiger partial charge in [-0.05, 0) is 29.3 Å². The average Bonchev–Trinajstić information content (AvgIpc) is 3.07. The van der Waals surface area contributed by atoms with Crippen LogP contribution in [0.1, 0.15) is 23.1 Å². The number of carbonyl (C=O) groups excluding carboxylic acids is 1. The molecule has 3 heterocycles. The van der Waals surface area contributed by atoms with Gasteiger partial charge in [0.1, 0.15) is 11.9 Å². The quantitative estimate of drug-likeness (QED) is 0.848. The van der Waals surface area contributed by atoms with Crippen molar-refractivity contribution in [1.82, 2.24) is 14.9 Å². The minimum absolute atomic E-state index is 0.0956. The lowest BCUT2D eigenvalue weighted by atomic mass is 10.1. The normalized spacial score (nSPS) is 17.8. The second kappa shape index (κ2) is 7.27. The van der Waals surface area contributed by atoms with Crippen LogP contribution in [0.2, 0.25) is 0 Å². The van der Waals surface area contributed by atoms with Crippen LogP contribution in [0.5, 0.6) is 0 Å². The van der Waals surface area contributed by atoms with E-state index in [4.69, 9.17) is 4.74 Å². The Hall–Kier alpha value is -1.99. The van der Waals surface area contributed by atoms with Gasteiger partial charge in [0.15, 0.2) is 5.82 Å². The molecule has 1 saturated heterocycles. The van der Waals surface area contributed by atoms with Gasteiger partial charge in [-0.3, -0.25) is 4.79 Å². The second-order valence-corrected chi connectivity index (χ2v) is 6.89.